The topological polar surface area (TPSA) is 98.7 Å². The molecule has 35 heavy (non-hydrogen) atoms. The first-order chi connectivity index (χ1) is 16.8. The van der Waals surface area contributed by atoms with Crippen LogP contribution in [0.4, 0.5) is 11.4 Å². The van der Waals surface area contributed by atoms with E-state index < -0.39 is 0 Å². The third-order valence-corrected chi connectivity index (χ3v) is 5.59. The largest absolute Gasteiger partial charge is 0.506 e. The number of anilines is 2. The van der Waals surface area contributed by atoms with Crippen molar-refractivity contribution in [2.45, 2.75) is 20.3 Å². The van der Waals surface area contributed by atoms with E-state index in [0.29, 0.717) is 28.9 Å². The van der Waals surface area contributed by atoms with E-state index in [0.717, 1.165) is 22.3 Å². The Balaban J connectivity index is 1.51. The van der Waals surface area contributed by atoms with E-state index in [1.54, 1.807) is 60.7 Å². The van der Waals surface area contributed by atoms with Crippen molar-refractivity contribution in [3.8, 4) is 11.5 Å². The van der Waals surface area contributed by atoms with Crippen LogP contribution in [0.15, 0.2) is 84.9 Å². The molecule has 0 aliphatic rings. The molecule has 6 nitrogen and oxygen atoms in total. The average molecular weight is 467 g/mol. The Morgan fingerprint density at radius 1 is 0.629 bits per heavy atom. The van der Waals surface area contributed by atoms with E-state index in [1.165, 1.54) is 12.1 Å². The second kappa shape index (κ2) is 10.1. The number of benzene rings is 4. The lowest BCUT2D eigenvalue weighted by Crippen LogP contribution is -2.12. The van der Waals surface area contributed by atoms with Crippen molar-refractivity contribution in [3.63, 3.8) is 0 Å². The van der Waals surface area contributed by atoms with E-state index in [-0.39, 0.29) is 23.3 Å². The zero-order valence-corrected chi connectivity index (χ0v) is 19.5. The maximum Gasteiger partial charge on any atom is 0.255 e. The highest BCUT2D eigenvalue weighted by Gasteiger charge is 2.13. The third-order valence-electron chi connectivity index (χ3n) is 5.59. The number of phenols is 2. The zero-order valence-electron chi connectivity index (χ0n) is 19.5. The van der Waals surface area contributed by atoms with Gasteiger partial charge in [0.05, 0.1) is 11.4 Å². The van der Waals surface area contributed by atoms with Crippen molar-refractivity contribution in [1.29, 1.82) is 0 Å². The van der Waals surface area contributed by atoms with Gasteiger partial charge in [-0.1, -0.05) is 47.5 Å². The fraction of sp³-hybridized carbons (Fsp3) is 0.103. The van der Waals surface area contributed by atoms with Crippen molar-refractivity contribution in [1.82, 2.24) is 0 Å². The lowest BCUT2D eigenvalue weighted by molar-refractivity contribution is 0.101. The molecule has 0 bridgehead atoms. The summed E-state index contributed by atoms with van der Waals surface area (Å²) in [5.41, 5.74) is 5.22. The molecule has 4 N–H and O–H groups in total. The zero-order chi connectivity index (χ0) is 24.9. The molecule has 4 aromatic rings. The summed E-state index contributed by atoms with van der Waals surface area (Å²) in [5.74, 6) is -0.697. The predicted molar refractivity (Wildman–Crippen MR) is 137 cm³/mol. The number of carbonyl (C=O) groups is 2. The summed E-state index contributed by atoms with van der Waals surface area (Å²) >= 11 is 0. The number of carbonyl (C=O) groups excluding carboxylic acids is 2. The van der Waals surface area contributed by atoms with Gasteiger partial charge in [-0.05, 0) is 79.9 Å². The van der Waals surface area contributed by atoms with Gasteiger partial charge in [-0.15, -0.1) is 0 Å². The van der Waals surface area contributed by atoms with Gasteiger partial charge in [0.25, 0.3) is 11.8 Å². The molecule has 0 saturated carbocycles. The van der Waals surface area contributed by atoms with Crippen molar-refractivity contribution in [2.75, 3.05) is 10.6 Å². The third kappa shape index (κ3) is 5.86. The summed E-state index contributed by atoms with van der Waals surface area (Å²) in [7, 11) is 0. The smallest absolute Gasteiger partial charge is 0.255 e. The van der Waals surface area contributed by atoms with E-state index >= 15 is 0 Å². The maximum absolute atomic E-state index is 12.6. The normalized spacial score (nSPS) is 10.6. The molecule has 0 heterocycles. The first-order valence-electron chi connectivity index (χ1n) is 11.2. The number of aromatic hydroxyl groups is 2. The average Bonchev–Trinajstić information content (AvgIpc) is 2.83. The van der Waals surface area contributed by atoms with E-state index in [1.807, 2.05) is 26.0 Å². The summed E-state index contributed by atoms with van der Waals surface area (Å²) < 4.78 is 0. The minimum absolute atomic E-state index is 0.0356. The number of amides is 2. The van der Waals surface area contributed by atoms with Crippen LogP contribution in [-0.4, -0.2) is 22.0 Å². The van der Waals surface area contributed by atoms with Crippen LogP contribution in [0.3, 0.4) is 0 Å². The molecule has 0 aliphatic carbocycles. The Morgan fingerprint density at radius 2 is 1.06 bits per heavy atom. The van der Waals surface area contributed by atoms with Crippen molar-refractivity contribution >= 4 is 23.2 Å². The Labute approximate surface area is 203 Å². The van der Waals surface area contributed by atoms with Gasteiger partial charge in [0, 0.05) is 11.1 Å². The van der Waals surface area contributed by atoms with Crippen molar-refractivity contribution < 1.29 is 19.8 Å². The van der Waals surface area contributed by atoms with Gasteiger partial charge in [0.1, 0.15) is 11.5 Å². The Morgan fingerprint density at radius 3 is 1.46 bits per heavy atom. The van der Waals surface area contributed by atoms with Crippen molar-refractivity contribution in [3.05, 3.63) is 118 Å². The predicted octanol–water partition coefficient (Wildman–Crippen LogP) is 5.81. The van der Waals surface area contributed by atoms with E-state index in [2.05, 4.69) is 10.6 Å². The van der Waals surface area contributed by atoms with Gasteiger partial charge < -0.3 is 20.8 Å². The summed E-state index contributed by atoms with van der Waals surface area (Å²) in [6.45, 7) is 3.81. The van der Waals surface area contributed by atoms with Crippen LogP contribution in [-0.2, 0) is 6.42 Å². The SMILES string of the molecule is Cc1cccc(C(=O)Nc2cc(Cc3ccc(O)c(NC(=O)c4cccc(C)c4)c3)ccc2O)c1. The molecule has 0 spiro atoms. The van der Waals surface area contributed by atoms with Crippen LogP contribution in [0.25, 0.3) is 0 Å². The number of rotatable bonds is 6. The monoisotopic (exact) mass is 466 g/mol. The molecule has 4 rings (SSSR count). The minimum Gasteiger partial charge on any atom is -0.506 e. The quantitative estimate of drug-likeness (QED) is 0.270. The van der Waals surface area contributed by atoms with Crippen LogP contribution in [0.5, 0.6) is 11.5 Å². The Bertz CT molecular complexity index is 1300. The van der Waals surface area contributed by atoms with E-state index in [4.69, 9.17) is 0 Å². The number of nitrogens with one attached hydrogen (secondary N) is 2. The number of hydrogen-bond donors (Lipinski definition) is 4. The highest BCUT2D eigenvalue weighted by Crippen LogP contribution is 2.29. The molecule has 2 amide bonds. The molecular formula is C29H26N2O4. The molecule has 0 radical (unpaired) electrons. The molecule has 0 saturated heterocycles. The lowest BCUT2D eigenvalue weighted by atomic mass is 10.0. The van der Waals surface area contributed by atoms with Crippen LogP contribution in [0.2, 0.25) is 0 Å². The minimum atomic E-state index is -0.313. The Kier molecular flexibility index (Phi) is 6.83. The first-order valence-corrected chi connectivity index (χ1v) is 11.2. The summed E-state index contributed by atoms with van der Waals surface area (Å²) in [5, 5.41) is 26.1. The van der Waals surface area contributed by atoms with E-state index in [9.17, 15) is 19.8 Å². The van der Waals surface area contributed by atoms with Crippen LogP contribution in [0, 0.1) is 13.8 Å². The standard InChI is InChI=1S/C29H26N2O4/c1-18-5-3-7-22(13-18)28(34)30-24-16-20(9-11-26(24)32)15-21-10-12-27(33)25(17-21)31-29(35)23-8-4-6-19(2)14-23/h3-14,16-17,32-33H,15H2,1-2H3,(H,30,34)(H,31,35). The van der Waals surface area contributed by atoms with Gasteiger partial charge in [0.2, 0.25) is 0 Å². The Hall–Kier alpha value is -4.58. The second-order valence-electron chi connectivity index (χ2n) is 8.53. The van der Waals surface area contributed by atoms with Gasteiger partial charge in [0.15, 0.2) is 0 Å². The molecule has 4 aromatic carbocycles. The molecule has 6 heteroatoms. The first kappa shape index (κ1) is 23.6. The maximum atomic E-state index is 12.6. The molecule has 0 atom stereocenters. The number of aryl methyl sites for hydroxylation is 2. The molecule has 0 aliphatic heterocycles. The summed E-state index contributed by atoms with van der Waals surface area (Å²) in [6.07, 6.45) is 0.460. The highest BCUT2D eigenvalue weighted by atomic mass is 16.3. The molecule has 0 fully saturated rings. The van der Waals surface area contributed by atoms with Crippen molar-refractivity contribution in [2.24, 2.45) is 0 Å². The molecule has 0 aromatic heterocycles. The van der Waals surface area contributed by atoms with Gasteiger partial charge >= 0.3 is 0 Å². The fourth-order valence-corrected chi connectivity index (χ4v) is 3.78. The summed E-state index contributed by atoms with van der Waals surface area (Å²) in [6, 6.07) is 24.4. The van der Waals surface area contributed by atoms with Crippen LogP contribution in [0.1, 0.15) is 43.0 Å². The molecular weight excluding hydrogens is 440 g/mol. The molecule has 176 valence electrons. The number of hydrogen-bond acceptors (Lipinski definition) is 4. The highest BCUT2D eigenvalue weighted by molar-refractivity contribution is 6.05. The van der Waals surface area contributed by atoms with Crippen LogP contribution >= 0.6 is 0 Å². The number of phenolic OH excluding ortho intramolecular Hbond substituents is 2. The fourth-order valence-electron chi connectivity index (χ4n) is 3.78. The van der Waals surface area contributed by atoms with Gasteiger partial charge in [-0.25, -0.2) is 0 Å². The lowest BCUT2D eigenvalue weighted by Gasteiger charge is -2.12. The van der Waals surface area contributed by atoms with Crippen LogP contribution < -0.4 is 10.6 Å². The van der Waals surface area contributed by atoms with Gasteiger partial charge in [-0.3, -0.25) is 9.59 Å². The summed E-state index contributed by atoms with van der Waals surface area (Å²) in [4.78, 5) is 25.2. The molecule has 0 unspecified atom stereocenters. The second-order valence-corrected chi connectivity index (χ2v) is 8.53. The van der Waals surface area contributed by atoms with Gasteiger partial charge in [-0.2, -0.15) is 0 Å².